The zero-order chi connectivity index (χ0) is 17.7. The molecular formula is C24H26O. The molecule has 0 saturated heterocycles. The maximum atomic E-state index is 5.65. The fraction of sp³-hybridized carbons (Fsp3) is 0.250. The number of rotatable bonds is 7. The van der Waals surface area contributed by atoms with Crippen LogP contribution in [-0.2, 0) is 6.42 Å². The molecule has 1 heteroatoms. The Balaban J connectivity index is 1.82. The van der Waals surface area contributed by atoms with Crippen LogP contribution >= 0.6 is 0 Å². The number of allylic oxidation sites excluding steroid dienone is 2. The van der Waals surface area contributed by atoms with Crippen LogP contribution in [-0.4, -0.2) is 6.61 Å². The number of ether oxygens (including phenoxy) is 1. The predicted octanol–water partition coefficient (Wildman–Crippen LogP) is 6.16. The Morgan fingerprint density at radius 2 is 1.36 bits per heavy atom. The lowest BCUT2D eigenvalue weighted by Crippen LogP contribution is -1.95. The fourth-order valence-corrected chi connectivity index (χ4v) is 2.25. The molecular weight excluding hydrogens is 304 g/mol. The van der Waals surface area contributed by atoms with Crippen molar-refractivity contribution in [2.75, 3.05) is 6.61 Å². The van der Waals surface area contributed by atoms with Crippen molar-refractivity contribution in [1.82, 2.24) is 0 Å². The number of benzene rings is 2. The fourth-order valence-electron chi connectivity index (χ4n) is 2.25. The molecule has 0 atom stereocenters. The van der Waals surface area contributed by atoms with Gasteiger partial charge in [0.05, 0.1) is 6.61 Å². The van der Waals surface area contributed by atoms with Crippen LogP contribution in [0.5, 0.6) is 5.75 Å². The highest BCUT2D eigenvalue weighted by atomic mass is 16.5. The van der Waals surface area contributed by atoms with Gasteiger partial charge in [-0.3, -0.25) is 0 Å². The zero-order valence-corrected chi connectivity index (χ0v) is 15.2. The summed E-state index contributed by atoms with van der Waals surface area (Å²) in [6, 6.07) is 16.7. The van der Waals surface area contributed by atoms with Gasteiger partial charge in [0.2, 0.25) is 0 Å². The Kier molecular flexibility index (Phi) is 8.15. The summed E-state index contributed by atoms with van der Waals surface area (Å²) < 4.78 is 5.65. The molecule has 0 amide bonds. The Morgan fingerprint density at radius 1 is 0.800 bits per heavy atom. The molecule has 0 radical (unpaired) electrons. The lowest BCUT2D eigenvalue weighted by molar-refractivity contribution is 0.309. The third-order valence-corrected chi connectivity index (χ3v) is 3.84. The number of aryl methyl sites for hydroxylation is 1. The van der Waals surface area contributed by atoms with Crippen molar-refractivity contribution in [3.63, 3.8) is 0 Å². The summed E-state index contributed by atoms with van der Waals surface area (Å²) in [7, 11) is 0. The molecule has 2 aromatic rings. The van der Waals surface area contributed by atoms with Crippen molar-refractivity contribution in [3.05, 3.63) is 77.4 Å². The average molecular weight is 330 g/mol. The molecule has 25 heavy (non-hydrogen) atoms. The van der Waals surface area contributed by atoms with E-state index in [1.165, 1.54) is 11.1 Å². The van der Waals surface area contributed by atoms with Crippen LogP contribution in [0.1, 0.15) is 43.4 Å². The maximum Gasteiger partial charge on any atom is 0.119 e. The summed E-state index contributed by atoms with van der Waals surface area (Å²) in [5, 5.41) is 0. The van der Waals surface area contributed by atoms with Gasteiger partial charge in [0.25, 0.3) is 0 Å². The Hall–Kier alpha value is -2.72. The minimum Gasteiger partial charge on any atom is -0.494 e. The molecule has 0 N–H and O–H groups in total. The monoisotopic (exact) mass is 330 g/mol. The summed E-state index contributed by atoms with van der Waals surface area (Å²) in [6.07, 6.45) is 11.1. The van der Waals surface area contributed by atoms with Gasteiger partial charge in [-0.25, -0.2) is 0 Å². The first-order chi connectivity index (χ1) is 12.3. The van der Waals surface area contributed by atoms with Gasteiger partial charge in [-0.2, -0.15) is 0 Å². The van der Waals surface area contributed by atoms with Crippen LogP contribution in [0.4, 0.5) is 0 Å². The Labute approximate surface area is 152 Å². The number of unbranched alkanes of at least 4 members (excludes halogenated alkanes) is 1. The van der Waals surface area contributed by atoms with Crippen LogP contribution in [0, 0.1) is 11.8 Å². The minimum atomic E-state index is 0.782. The standard InChI is InChI=1S/C24H26O/c1-3-5-20-25-24-18-16-23(17-19-24)11-9-7-6-8-10-22-14-12-21(4-2)13-15-22/h8-19H,3-5,20H2,1-2H3. The quantitative estimate of drug-likeness (QED) is 0.436. The second-order valence-electron chi connectivity index (χ2n) is 5.82. The first kappa shape index (κ1) is 18.6. The largest absolute Gasteiger partial charge is 0.494 e. The van der Waals surface area contributed by atoms with E-state index in [1.54, 1.807) is 0 Å². The lowest BCUT2D eigenvalue weighted by Gasteiger charge is -2.04. The van der Waals surface area contributed by atoms with Crippen molar-refractivity contribution < 1.29 is 4.74 Å². The van der Waals surface area contributed by atoms with Crippen molar-refractivity contribution in [3.8, 4) is 17.6 Å². The molecule has 0 aliphatic heterocycles. The van der Waals surface area contributed by atoms with E-state index in [0.29, 0.717) is 0 Å². The summed E-state index contributed by atoms with van der Waals surface area (Å²) in [4.78, 5) is 0. The van der Waals surface area contributed by atoms with E-state index in [1.807, 2.05) is 48.6 Å². The molecule has 0 aliphatic carbocycles. The predicted molar refractivity (Wildman–Crippen MR) is 109 cm³/mol. The highest BCUT2D eigenvalue weighted by Gasteiger charge is 1.92. The van der Waals surface area contributed by atoms with Crippen LogP contribution in [0.15, 0.2) is 60.7 Å². The SMILES string of the molecule is CCCCOc1ccc(C=CC#CC=Cc2ccc(CC)cc2)cc1. The third kappa shape index (κ3) is 7.14. The van der Waals surface area contributed by atoms with E-state index in [-0.39, 0.29) is 0 Å². The smallest absolute Gasteiger partial charge is 0.119 e. The Morgan fingerprint density at radius 3 is 1.88 bits per heavy atom. The van der Waals surface area contributed by atoms with Crippen molar-refractivity contribution in [2.24, 2.45) is 0 Å². The van der Waals surface area contributed by atoms with Gasteiger partial charge in [0, 0.05) is 0 Å². The molecule has 0 aliphatic rings. The molecule has 2 rings (SSSR count). The van der Waals surface area contributed by atoms with Crippen LogP contribution < -0.4 is 4.74 Å². The molecule has 0 unspecified atom stereocenters. The van der Waals surface area contributed by atoms with Gasteiger partial charge in [-0.15, -0.1) is 0 Å². The first-order valence-corrected chi connectivity index (χ1v) is 8.97. The normalized spacial score (nSPS) is 10.8. The summed E-state index contributed by atoms with van der Waals surface area (Å²) in [6.45, 7) is 5.11. The second kappa shape index (κ2) is 10.9. The van der Waals surface area contributed by atoms with Gasteiger partial charge in [0.15, 0.2) is 0 Å². The minimum absolute atomic E-state index is 0.782. The molecule has 128 valence electrons. The van der Waals surface area contributed by atoms with E-state index >= 15 is 0 Å². The average Bonchev–Trinajstić information content (AvgIpc) is 2.66. The van der Waals surface area contributed by atoms with Crippen LogP contribution in [0.25, 0.3) is 12.2 Å². The highest BCUT2D eigenvalue weighted by molar-refractivity contribution is 5.56. The first-order valence-electron chi connectivity index (χ1n) is 8.97. The lowest BCUT2D eigenvalue weighted by atomic mass is 10.1. The van der Waals surface area contributed by atoms with Gasteiger partial charge in [-0.05, 0) is 66.0 Å². The summed E-state index contributed by atoms with van der Waals surface area (Å²) in [5.41, 5.74) is 3.65. The van der Waals surface area contributed by atoms with Gasteiger partial charge < -0.3 is 4.74 Å². The van der Waals surface area contributed by atoms with Crippen molar-refractivity contribution in [1.29, 1.82) is 0 Å². The van der Waals surface area contributed by atoms with E-state index < -0.39 is 0 Å². The van der Waals surface area contributed by atoms with E-state index in [2.05, 4.69) is 50.0 Å². The topological polar surface area (TPSA) is 9.23 Å². The molecule has 0 aromatic heterocycles. The van der Waals surface area contributed by atoms with Gasteiger partial charge in [-0.1, -0.05) is 68.5 Å². The van der Waals surface area contributed by atoms with E-state index in [9.17, 15) is 0 Å². The van der Waals surface area contributed by atoms with Crippen molar-refractivity contribution in [2.45, 2.75) is 33.1 Å². The maximum absolute atomic E-state index is 5.65. The van der Waals surface area contributed by atoms with Crippen molar-refractivity contribution >= 4 is 12.2 Å². The zero-order valence-electron chi connectivity index (χ0n) is 15.2. The molecule has 0 saturated carbocycles. The Bertz CT molecular complexity index is 737. The molecule has 0 fully saturated rings. The summed E-state index contributed by atoms with van der Waals surface area (Å²) in [5.74, 6) is 7.00. The van der Waals surface area contributed by atoms with Gasteiger partial charge in [0.1, 0.15) is 5.75 Å². The number of hydrogen-bond donors (Lipinski definition) is 0. The highest BCUT2D eigenvalue weighted by Crippen LogP contribution is 2.13. The molecule has 0 bridgehead atoms. The van der Waals surface area contributed by atoms with E-state index in [0.717, 1.165) is 37.2 Å². The number of hydrogen-bond acceptors (Lipinski definition) is 1. The molecule has 0 heterocycles. The molecule has 2 aromatic carbocycles. The second-order valence-corrected chi connectivity index (χ2v) is 5.82. The third-order valence-electron chi connectivity index (χ3n) is 3.84. The van der Waals surface area contributed by atoms with Crippen LogP contribution in [0.3, 0.4) is 0 Å². The van der Waals surface area contributed by atoms with Gasteiger partial charge >= 0.3 is 0 Å². The molecule has 0 spiro atoms. The van der Waals surface area contributed by atoms with Crippen LogP contribution in [0.2, 0.25) is 0 Å². The molecule has 1 nitrogen and oxygen atoms in total. The van der Waals surface area contributed by atoms with E-state index in [4.69, 9.17) is 4.74 Å². The summed E-state index contributed by atoms with van der Waals surface area (Å²) >= 11 is 0.